The number of amides is 1. The number of hydrogen-bond donors (Lipinski definition) is 2. The number of aromatic nitrogens is 4. The van der Waals surface area contributed by atoms with Crippen LogP contribution in [0.4, 0.5) is 5.69 Å². The molecule has 0 saturated carbocycles. The summed E-state index contributed by atoms with van der Waals surface area (Å²) in [6, 6.07) is 1.72. The van der Waals surface area contributed by atoms with E-state index in [0.29, 0.717) is 12.5 Å². The molecule has 2 rings (SSSR count). The molecule has 8 nitrogen and oxygen atoms in total. The van der Waals surface area contributed by atoms with E-state index in [1.54, 1.807) is 6.07 Å². The normalized spacial score (nSPS) is 10.5. The van der Waals surface area contributed by atoms with Crippen molar-refractivity contribution in [3.05, 3.63) is 23.7 Å². The molecule has 0 bridgehead atoms. The molecule has 8 heteroatoms. The molecule has 4 N–H and O–H groups in total. The Labute approximate surface area is 115 Å². The minimum absolute atomic E-state index is 0.00821. The van der Waals surface area contributed by atoms with Crippen LogP contribution in [0.15, 0.2) is 12.3 Å². The predicted octanol–water partition coefficient (Wildman–Crippen LogP) is 0.441. The summed E-state index contributed by atoms with van der Waals surface area (Å²) in [4.78, 5) is 19.6. The van der Waals surface area contributed by atoms with Crippen molar-refractivity contribution in [3.8, 4) is 11.8 Å². The third-order valence-electron chi connectivity index (χ3n) is 2.45. The molecular formula is C12H16N6O2. The van der Waals surface area contributed by atoms with E-state index in [1.807, 2.05) is 13.8 Å². The molecule has 0 spiro atoms. The summed E-state index contributed by atoms with van der Waals surface area (Å²) < 4.78 is 6.77. The van der Waals surface area contributed by atoms with Gasteiger partial charge in [0.25, 0.3) is 11.9 Å². The summed E-state index contributed by atoms with van der Waals surface area (Å²) >= 11 is 0. The second-order valence-corrected chi connectivity index (χ2v) is 4.24. The van der Waals surface area contributed by atoms with Gasteiger partial charge in [0, 0.05) is 11.8 Å². The monoisotopic (exact) mass is 276 g/mol. The number of primary amides is 1. The molecule has 0 aromatic carbocycles. The van der Waals surface area contributed by atoms with Crippen LogP contribution >= 0.6 is 0 Å². The summed E-state index contributed by atoms with van der Waals surface area (Å²) in [5, 5.41) is 3.98. The molecule has 0 aliphatic carbocycles. The van der Waals surface area contributed by atoms with Crippen LogP contribution in [0.1, 0.15) is 29.5 Å². The summed E-state index contributed by atoms with van der Waals surface area (Å²) in [6.45, 7) is 4.37. The van der Waals surface area contributed by atoms with Gasteiger partial charge in [-0.25, -0.2) is 9.67 Å². The van der Waals surface area contributed by atoms with Gasteiger partial charge in [-0.05, 0) is 13.3 Å². The predicted molar refractivity (Wildman–Crippen MR) is 72.6 cm³/mol. The SMILES string of the molecule is CCCOc1cc(C)nc(-n2cc(N)c(C(N)=O)n2)n1. The van der Waals surface area contributed by atoms with Gasteiger partial charge in [0.15, 0.2) is 5.69 Å². The molecule has 0 atom stereocenters. The Balaban J connectivity index is 2.39. The minimum Gasteiger partial charge on any atom is -0.478 e. The molecule has 20 heavy (non-hydrogen) atoms. The lowest BCUT2D eigenvalue weighted by molar-refractivity contribution is 0.0996. The van der Waals surface area contributed by atoms with E-state index in [2.05, 4.69) is 15.1 Å². The van der Waals surface area contributed by atoms with E-state index < -0.39 is 5.91 Å². The Morgan fingerprint density at radius 3 is 2.80 bits per heavy atom. The molecule has 0 unspecified atom stereocenters. The van der Waals surface area contributed by atoms with E-state index in [1.165, 1.54) is 10.9 Å². The molecule has 0 fully saturated rings. The zero-order valence-corrected chi connectivity index (χ0v) is 11.3. The topological polar surface area (TPSA) is 122 Å². The highest BCUT2D eigenvalue weighted by Crippen LogP contribution is 2.15. The van der Waals surface area contributed by atoms with Crippen LogP contribution in [0.3, 0.4) is 0 Å². The smallest absolute Gasteiger partial charge is 0.271 e. The van der Waals surface area contributed by atoms with Gasteiger partial charge >= 0.3 is 0 Å². The third kappa shape index (κ3) is 2.85. The average Bonchev–Trinajstić information content (AvgIpc) is 2.78. The van der Waals surface area contributed by atoms with Crippen LogP contribution in [0, 0.1) is 6.92 Å². The van der Waals surface area contributed by atoms with Crippen molar-refractivity contribution in [3.63, 3.8) is 0 Å². The maximum Gasteiger partial charge on any atom is 0.271 e. The summed E-state index contributed by atoms with van der Waals surface area (Å²) in [7, 11) is 0. The van der Waals surface area contributed by atoms with Gasteiger partial charge in [0.2, 0.25) is 5.88 Å². The number of aryl methyl sites for hydroxylation is 1. The van der Waals surface area contributed by atoms with Gasteiger partial charge in [0.05, 0.1) is 18.5 Å². The fraction of sp³-hybridized carbons (Fsp3) is 0.333. The minimum atomic E-state index is -0.698. The standard InChI is InChI=1S/C12H16N6O2/c1-3-4-20-9-5-7(2)15-12(16-9)18-6-8(13)10(17-18)11(14)19/h5-6H,3-4,13H2,1-2H3,(H2,14,19). The van der Waals surface area contributed by atoms with E-state index in [0.717, 1.165) is 12.1 Å². The maximum absolute atomic E-state index is 11.1. The van der Waals surface area contributed by atoms with Crippen molar-refractivity contribution in [1.82, 2.24) is 19.7 Å². The van der Waals surface area contributed by atoms with Crippen molar-refractivity contribution in [1.29, 1.82) is 0 Å². The fourth-order valence-electron chi connectivity index (χ4n) is 1.59. The van der Waals surface area contributed by atoms with Gasteiger partial charge in [0.1, 0.15) is 0 Å². The second kappa shape index (κ2) is 5.55. The van der Waals surface area contributed by atoms with Gasteiger partial charge in [-0.15, -0.1) is 0 Å². The summed E-state index contributed by atoms with van der Waals surface area (Å²) in [5.74, 6) is 0.0238. The lowest BCUT2D eigenvalue weighted by Gasteiger charge is -2.06. The largest absolute Gasteiger partial charge is 0.478 e. The Morgan fingerprint density at radius 2 is 2.20 bits per heavy atom. The Kier molecular flexibility index (Phi) is 3.83. The first-order valence-electron chi connectivity index (χ1n) is 6.15. The van der Waals surface area contributed by atoms with Crippen molar-refractivity contribution in [2.45, 2.75) is 20.3 Å². The van der Waals surface area contributed by atoms with Gasteiger partial charge in [-0.3, -0.25) is 4.79 Å². The molecular weight excluding hydrogens is 260 g/mol. The van der Waals surface area contributed by atoms with Crippen molar-refractivity contribution < 1.29 is 9.53 Å². The number of nitrogen functional groups attached to an aromatic ring is 1. The number of nitrogens with zero attached hydrogens (tertiary/aromatic N) is 4. The highest BCUT2D eigenvalue weighted by atomic mass is 16.5. The van der Waals surface area contributed by atoms with Crippen molar-refractivity contribution in [2.24, 2.45) is 5.73 Å². The number of hydrogen-bond acceptors (Lipinski definition) is 6. The highest BCUT2D eigenvalue weighted by Gasteiger charge is 2.14. The van der Waals surface area contributed by atoms with Crippen molar-refractivity contribution in [2.75, 3.05) is 12.3 Å². The number of rotatable bonds is 5. The number of anilines is 1. The highest BCUT2D eigenvalue weighted by molar-refractivity contribution is 5.95. The van der Waals surface area contributed by atoms with Crippen molar-refractivity contribution >= 4 is 11.6 Å². The molecule has 2 heterocycles. The van der Waals surface area contributed by atoms with Crippen LogP contribution < -0.4 is 16.2 Å². The average molecular weight is 276 g/mol. The lowest BCUT2D eigenvalue weighted by atomic mass is 10.4. The second-order valence-electron chi connectivity index (χ2n) is 4.24. The van der Waals surface area contributed by atoms with Crippen LogP contribution in [-0.4, -0.2) is 32.3 Å². The van der Waals surface area contributed by atoms with E-state index in [9.17, 15) is 4.79 Å². The summed E-state index contributed by atoms with van der Waals surface area (Å²) in [6.07, 6.45) is 2.32. The van der Waals surface area contributed by atoms with Gasteiger partial charge < -0.3 is 16.2 Å². The van der Waals surface area contributed by atoms with Crippen LogP contribution in [-0.2, 0) is 0 Å². The third-order valence-corrected chi connectivity index (χ3v) is 2.45. The number of carbonyl (C=O) groups is 1. The van der Waals surface area contributed by atoms with E-state index in [4.69, 9.17) is 16.2 Å². The summed E-state index contributed by atoms with van der Waals surface area (Å²) in [5.41, 5.74) is 11.7. The van der Waals surface area contributed by atoms with E-state index in [-0.39, 0.29) is 17.3 Å². The zero-order valence-electron chi connectivity index (χ0n) is 11.3. The van der Waals surface area contributed by atoms with Crippen LogP contribution in [0.5, 0.6) is 5.88 Å². The Hall–Kier alpha value is -2.64. The Morgan fingerprint density at radius 1 is 1.45 bits per heavy atom. The molecule has 2 aromatic heterocycles. The first kappa shape index (κ1) is 13.8. The van der Waals surface area contributed by atoms with Crippen LogP contribution in [0.25, 0.3) is 5.95 Å². The molecule has 2 aromatic rings. The number of carbonyl (C=O) groups excluding carboxylic acids is 1. The first-order valence-corrected chi connectivity index (χ1v) is 6.15. The molecule has 106 valence electrons. The van der Waals surface area contributed by atoms with Crippen LogP contribution in [0.2, 0.25) is 0 Å². The number of ether oxygens (including phenoxy) is 1. The number of nitrogens with two attached hydrogens (primary N) is 2. The molecule has 1 amide bonds. The molecule has 0 aliphatic heterocycles. The molecule has 0 aliphatic rings. The van der Waals surface area contributed by atoms with E-state index >= 15 is 0 Å². The quantitative estimate of drug-likeness (QED) is 0.817. The lowest BCUT2D eigenvalue weighted by Crippen LogP contribution is -2.14. The first-order chi connectivity index (χ1) is 9.51. The molecule has 0 saturated heterocycles. The Bertz CT molecular complexity index is 637. The van der Waals surface area contributed by atoms with Gasteiger partial charge in [-0.1, -0.05) is 6.92 Å². The van der Waals surface area contributed by atoms with Gasteiger partial charge in [-0.2, -0.15) is 10.1 Å². The fourth-order valence-corrected chi connectivity index (χ4v) is 1.59. The maximum atomic E-state index is 11.1. The zero-order chi connectivity index (χ0) is 14.7. The molecule has 0 radical (unpaired) electrons.